The second-order valence-corrected chi connectivity index (χ2v) is 4.90. The highest BCUT2D eigenvalue weighted by atomic mass is 19.4. The topological polar surface area (TPSA) is 65.4 Å². The molecule has 1 aliphatic carbocycles. The molecule has 2 aromatic rings. The van der Waals surface area contributed by atoms with Crippen LogP contribution < -0.4 is 10.5 Å². The van der Waals surface area contributed by atoms with E-state index in [4.69, 9.17) is 10.5 Å². The van der Waals surface area contributed by atoms with Crippen LogP contribution in [0.2, 0.25) is 0 Å². The van der Waals surface area contributed by atoms with E-state index in [-0.39, 0.29) is 23.5 Å². The Morgan fingerprint density at radius 2 is 2.15 bits per heavy atom. The highest BCUT2D eigenvalue weighted by Crippen LogP contribution is 2.31. The molecular weight excluding hydrogens is 273 g/mol. The van der Waals surface area contributed by atoms with Crippen LogP contribution in [-0.4, -0.2) is 26.7 Å². The fraction of sp³-hybridized carbons (Fsp3) is 0.500. The van der Waals surface area contributed by atoms with Crippen molar-refractivity contribution in [2.24, 2.45) is 5.73 Å². The highest BCUT2D eigenvalue weighted by molar-refractivity contribution is 5.57. The van der Waals surface area contributed by atoms with Crippen molar-refractivity contribution in [3.63, 3.8) is 0 Å². The molecule has 0 aromatic carbocycles. The lowest BCUT2D eigenvalue weighted by atomic mass is 10.3. The lowest BCUT2D eigenvalue weighted by Crippen LogP contribution is -2.19. The lowest BCUT2D eigenvalue weighted by molar-refractivity contribution is -0.141. The van der Waals surface area contributed by atoms with Gasteiger partial charge in [0.25, 0.3) is 0 Å². The number of aromatic nitrogens is 3. The smallest absolute Gasteiger partial charge is 0.435 e. The molecule has 1 aliphatic rings. The Balaban J connectivity index is 1.93. The van der Waals surface area contributed by atoms with Crippen LogP contribution in [0.3, 0.4) is 0 Å². The van der Waals surface area contributed by atoms with Gasteiger partial charge in [0.05, 0.1) is 0 Å². The van der Waals surface area contributed by atoms with Gasteiger partial charge < -0.3 is 10.5 Å². The monoisotopic (exact) mass is 286 g/mol. The molecule has 2 N–H and O–H groups in total. The molecule has 0 radical (unpaired) electrons. The molecule has 1 fully saturated rings. The fourth-order valence-electron chi connectivity index (χ4n) is 2.37. The standard InChI is InChI=1S/C12H13F3N4O/c13-12(14,15)10-6-9-11(17-3-4-19(9)18-10)20-8-2-1-7(16)5-8/h3-4,6-8H,1-2,5,16H2. The first-order valence-corrected chi connectivity index (χ1v) is 6.27. The number of nitrogens with two attached hydrogens (primary N) is 1. The summed E-state index contributed by atoms with van der Waals surface area (Å²) in [7, 11) is 0. The summed E-state index contributed by atoms with van der Waals surface area (Å²) in [4.78, 5) is 4.00. The maximum Gasteiger partial charge on any atom is 0.435 e. The molecule has 2 aromatic heterocycles. The van der Waals surface area contributed by atoms with Crippen molar-refractivity contribution in [1.29, 1.82) is 0 Å². The Hall–Kier alpha value is -1.83. The maximum absolute atomic E-state index is 12.7. The van der Waals surface area contributed by atoms with E-state index in [2.05, 4.69) is 10.1 Å². The Kier molecular flexibility index (Phi) is 3.04. The van der Waals surface area contributed by atoms with E-state index in [0.29, 0.717) is 6.42 Å². The SMILES string of the molecule is NC1CCC(Oc2nccn3nc(C(F)(F)F)cc23)C1. The van der Waals surface area contributed by atoms with E-state index in [9.17, 15) is 13.2 Å². The van der Waals surface area contributed by atoms with Gasteiger partial charge in [0.1, 0.15) is 11.6 Å². The van der Waals surface area contributed by atoms with E-state index in [1.807, 2.05) is 0 Å². The summed E-state index contributed by atoms with van der Waals surface area (Å²) in [5.74, 6) is 0.162. The largest absolute Gasteiger partial charge is 0.473 e. The number of nitrogens with zero attached hydrogens (tertiary/aromatic N) is 3. The van der Waals surface area contributed by atoms with Crippen LogP contribution in [-0.2, 0) is 6.18 Å². The van der Waals surface area contributed by atoms with Crippen LogP contribution in [0.25, 0.3) is 5.52 Å². The summed E-state index contributed by atoms with van der Waals surface area (Å²) in [6.45, 7) is 0. The van der Waals surface area contributed by atoms with Gasteiger partial charge in [-0.3, -0.25) is 0 Å². The molecule has 20 heavy (non-hydrogen) atoms. The summed E-state index contributed by atoms with van der Waals surface area (Å²) in [5, 5.41) is 3.48. The van der Waals surface area contributed by atoms with Gasteiger partial charge in [0.15, 0.2) is 5.69 Å². The predicted octanol–water partition coefficient (Wildman–Crippen LogP) is 2.01. The molecule has 0 spiro atoms. The van der Waals surface area contributed by atoms with E-state index in [0.717, 1.165) is 23.4 Å². The summed E-state index contributed by atoms with van der Waals surface area (Å²) >= 11 is 0. The van der Waals surface area contributed by atoms with Crippen molar-refractivity contribution in [1.82, 2.24) is 14.6 Å². The Morgan fingerprint density at radius 3 is 2.80 bits per heavy atom. The molecule has 2 atom stereocenters. The number of alkyl halides is 3. The fourth-order valence-corrected chi connectivity index (χ4v) is 2.37. The summed E-state index contributed by atoms with van der Waals surface area (Å²) in [6.07, 6.45) is 0.447. The Morgan fingerprint density at radius 1 is 1.35 bits per heavy atom. The zero-order valence-electron chi connectivity index (χ0n) is 10.5. The second kappa shape index (κ2) is 4.62. The third kappa shape index (κ3) is 2.43. The Bertz CT molecular complexity index is 625. The molecule has 0 aliphatic heterocycles. The highest BCUT2D eigenvalue weighted by Gasteiger charge is 2.35. The third-order valence-corrected chi connectivity index (χ3v) is 3.35. The molecule has 8 heteroatoms. The van der Waals surface area contributed by atoms with Crippen molar-refractivity contribution in [3.05, 3.63) is 24.2 Å². The predicted molar refractivity (Wildman–Crippen MR) is 64.2 cm³/mol. The molecule has 1 saturated carbocycles. The summed E-state index contributed by atoms with van der Waals surface area (Å²) in [6, 6.07) is 1.02. The average Bonchev–Trinajstić information content (AvgIpc) is 2.95. The summed E-state index contributed by atoms with van der Waals surface area (Å²) in [5.41, 5.74) is 5.03. The lowest BCUT2D eigenvalue weighted by Gasteiger charge is -2.12. The number of ether oxygens (including phenoxy) is 1. The van der Waals surface area contributed by atoms with Gasteiger partial charge in [-0.25, -0.2) is 9.50 Å². The van der Waals surface area contributed by atoms with Crippen molar-refractivity contribution < 1.29 is 17.9 Å². The molecule has 2 unspecified atom stereocenters. The van der Waals surface area contributed by atoms with Crippen LogP contribution >= 0.6 is 0 Å². The van der Waals surface area contributed by atoms with Crippen LogP contribution in [0.15, 0.2) is 18.5 Å². The number of halogens is 3. The zero-order valence-corrected chi connectivity index (χ0v) is 10.5. The molecule has 0 amide bonds. The maximum atomic E-state index is 12.7. The van der Waals surface area contributed by atoms with E-state index >= 15 is 0 Å². The first-order valence-electron chi connectivity index (χ1n) is 6.27. The minimum Gasteiger partial charge on any atom is -0.473 e. The molecular formula is C12H13F3N4O. The van der Waals surface area contributed by atoms with Gasteiger partial charge in [-0.05, 0) is 19.3 Å². The van der Waals surface area contributed by atoms with Crippen LogP contribution in [0, 0.1) is 0 Å². The van der Waals surface area contributed by atoms with Crippen molar-refractivity contribution >= 4 is 5.52 Å². The van der Waals surface area contributed by atoms with E-state index in [1.54, 1.807) is 0 Å². The van der Waals surface area contributed by atoms with Crippen LogP contribution in [0.4, 0.5) is 13.2 Å². The van der Waals surface area contributed by atoms with Gasteiger partial charge in [-0.1, -0.05) is 0 Å². The summed E-state index contributed by atoms with van der Waals surface area (Å²) < 4.78 is 44.8. The minimum absolute atomic E-state index is 0.0791. The van der Waals surface area contributed by atoms with Gasteiger partial charge >= 0.3 is 6.18 Å². The third-order valence-electron chi connectivity index (χ3n) is 3.35. The van der Waals surface area contributed by atoms with Gasteiger partial charge in [-0.15, -0.1) is 0 Å². The molecule has 5 nitrogen and oxygen atoms in total. The molecule has 2 heterocycles. The van der Waals surface area contributed by atoms with Gasteiger partial charge in [0, 0.05) is 24.5 Å². The van der Waals surface area contributed by atoms with Crippen molar-refractivity contribution in [2.45, 2.75) is 37.6 Å². The second-order valence-electron chi connectivity index (χ2n) is 4.90. The number of rotatable bonds is 2. The molecule has 3 rings (SSSR count). The molecule has 108 valence electrons. The van der Waals surface area contributed by atoms with Crippen LogP contribution in [0.1, 0.15) is 25.0 Å². The van der Waals surface area contributed by atoms with E-state index < -0.39 is 11.9 Å². The van der Waals surface area contributed by atoms with Gasteiger partial charge in [-0.2, -0.15) is 18.3 Å². The normalized spacial score (nSPS) is 23.4. The minimum atomic E-state index is -4.49. The van der Waals surface area contributed by atoms with Crippen molar-refractivity contribution in [3.8, 4) is 5.88 Å². The Labute approximate surface area is 112 Å². The molecule has 0 bridgehead atoms. The average molecular weight is 286 g/mol. The first-order chi connectivity index (χ1) is 9.43. The number of fused-ring (bicyclic) bond motifs is 1. The van der Waals surface area contributed by atoms with Crippen LogP contribution in [0.5, 0.6) is 5.88 Å². The first kappa shape index (κ1) is 13.2. The van der Waals surface area contributed by atoms with E-state index in [1.165, 1.54) is 12.4 Å². The number of hydrogen-bond donors (Lipinski definition) is 1. The van der Waals surface area contributed by atoms with Crippen molar-refractivity contribution in [2.75, 3.05) is 0 Å². The number of hydrogen-bond acceptors (Lipinski definition) is 4. The van der Waals surface area contributed by atoms with Gasteiger partial charge in [0.2, 0.25) is 5.88 Å². The quantitative estimate of drug-likeness (QED) is 0.917. The zero-order chi connectivity index (χ0) is 14.3. The molecule has 0 saturated heterocycles.